The average Bonchev–Trinajstić information content (AvgIpc) is 3.52. The third-order valence-corrected chi connectivity index (χ3v) is 8.78. The summed E-state index contributed by atoms with van der Waals surface area (Å²) in [4.78, 5) is 6.94. The van der Waals surface area contributed by atoms with Gasteiger partial charge in [0.15, 0.2) is 0 Å². The van der Waals surface area contributed by atoms with Crippen LogP contribution in [-0.4, -0.2) is 44.5 Å². The number of aromatic nitrogens is 4. The molecule has 6 rings (SSSR count). The van der Waals surface area contributed by atoms with Gasteiger partial charge in [-0.05, 0) is 67.3 Å². The van der Waals surface area contributed by atoms with Crippen LogP contribution >= 0.6 is 23.2 Å². The minimum atomic E-state index is -0.520. The molecule has 0 saturated carbocycles. The van der Waals surface area contributed by atoms with E-state index in [1.54, 1.807) is 6.07 Å². The van der Waals surface area contributed by atoms with Gasteiger partial charge >= 0.3 is 0 Å². The summed E-state index contributed by atoms with van der Waals surface area (Å²) in [5.41, 5.74) is 4.92. The Labute approximate surface area is 259 Å². The van der Waals surface area contributed by atoms with Crippen LogP contribution in [0.4, 0.5) is 15.8 Å². The molecule has 0 amide bonds. The molecule has 1 atom stereocenters. The fourth-order valence-corrected chi connectivity index (χ4v) is 6.29. The summed E-state index contributed by atoms with van der Waals surface area (Å²) in [5.74, 6) is -0.591. The van der Waals surface area contributed by atoms with Gasteiger partial charge in [-0.1, -0.05) is 65.7 Å². The summed E-state index contributed by atoms with van der Waals surface area (Å²) in [6.45, 7) is 5.40. The lowest BCUT2D eigenvalue weighted by Gasteiger charge is -2.30. The zero-order valence-corrected chi connectivity index (χ0v) is 25.2. The van der Waals surface area contributed by atoms with Crippen molar-refractivity contribution in [2.24, 2.45) is 0 Å². The first-order valence-corrected chi connectivity index (χ1v) is 15.1. The van der Waals surface area contributed by atoms with Gasteiger partial charge in [-0.3, -0.25) is 4.98 Å². The van der Waals surface area contributed by atoms with E-state index >= 15 is 0 Å². The molecule has 2 aromatic heterocycles. The van der Waals surface area contributed by atoms with E-state index in [-0.39, 0.29) is 10.9 Å². The normalized spacial score (nSPS) is 15.0. The summed E-state index contributed by atoms with van der Waals surface area (Å²) in [5, 5.41) is 23.5. The van der Waals surface area contributed by atoms with Crippen molar-refractivity contribution in [1.82, 2.24) is 24.9 Å². The quantitative estimate of drug-likeness (QED) is 0.191. The Balaban J connectivity index is 1.37. The maximum atomic E-state index is 13.8. The van der Waals surface area contributed by atoms with E-state index in [2.05, 4.69) is 56.8 Å². The largest absolute Gasteiger partial charge is 0.354 e. The second-order valence-corrected chi connectivity index (χ2v) is 11.7. The molecule has 1 N–H and O–H groups in total. The molecule has 218 valence electrons. The van der Waals surface area contributed by atoms with E-state index in [1.807, 2.05) is 35.0 Å². The molecule has 0 radical (unpaired) electrons. The van der Waals surface area contributed by atoms with Crippen LogP contribution in [0.1, 0.15) is 54.1 Å². The molecule has 1 saturated heterocycles. The highest BCUT2D eigenvalue weighted by Crippen LogP contribution is 2.36. The van der Waals surface area contributed by atoms with Crippen LogP contribution in [0, 0.1) is 17.1 Å². The fourth-order valence-electron chi connectivity index (χ4n) is 5.81. The summed E-state index contributed by atoms with van der Waals surface area (Å²) < 4.78 is 15.9. The van der Waals surface area contributed by atoms with Gasteiger partial charge in [0.25, 0.3) is 0 Å². The molecule has 10 heteroatoms. The second-order valence-electron chi connectivity index (χ2n) is 10.8. The van der Waals surface area contributed by atoms with Crippen LogP contribution < -0.4 is 5.32 Å². The van der Waals surface area contributed by atoms with Crippen molar-refractivity contribution in [3.05, 3.63) is 111 Å². The fraction of sp³-hybridized carbons (Fsp3) is 0.273. The molecule has 0 unspecified atom stereocenters. The van der Waals surface area contributed by atoms with Crippen molar-refractivity contribution in [2.75, 3.05) is 25.0 Å². The molecule has 1 aliphatic rings. The van der Waals surface area contributed by atoms with Crippen LogP contribution in [-0.2, 0) is 6.42 Å². The van der Waals surface area contributed by atoms with Crippen molar-refractivity contribution in [1.29, 1.82) is 5.26 Å². The van der Waals surface area contributed by atoms with E-state index < -0.39 is 5.82 Å². The first-order chi connectivity index (χ1) is 20.9. The van der Waals surface area contributed by atoms with E-state index in [1.165, 1.54) is 18.3 Å². The molecular weight excluding hydrogens is 584 g/mol. The van der Waals surface area contributed by atoms with Gasteiger partial charge < -0.3 is 10.2 Å². The van der Waals surface area contributed by atoms with Crippen molar-refractivity contribution >= 4 is 45.5 Å². The van der Waals surface area contributed by atoms with Crippen molar-refractivity contribution < 1.29 is 4.39 Å². The standard InChI is InChI=1S/C33H30Cl2FN7/c1-2-42-12-10-25(11-13-42)43-20-31(40-41-43)26(22-6-4-3-5-7-22)14-21-15-27-32(39-24-8-9-30(36)28(34)17-24)23(18-37)19-38-33(27)29(35)16-21/h3-9,15-17,19-20,25-26H,2,10-14H2,1H3,(H,38,39)/t26-/m0/s1. The highest BCUT2D eigenvalue weighted by atomic mass is 35.5. The summed E-state index contributed by atoms with van der Waals surface area (Å²) in [6, 6.07) is 21.1. The number of fused-ring (bicyclic) bond motifs is 1. The van der Waals surface area contributed by atoms with E-state index in [0.29, 0.717) is 45.3 Å². The Bertz CT molecular complexity index is 1790. The van der Waals surface area contributed by atoms with Crippen molar-refractivity contribution in [3.8, 4) is 6.07 Å². The minimum absolute atomic E-state index is 0.0183. The maximum Gasteiger partial charge on any atom is 0.141 e. The molecule has 1 aliphatic heterocycles. The Morgan fingerprint density at radius 3 is 2.58 bits per heavy atom. The molecule has 1 fully saturated rings. The number of hydrogen-bond acceptors (Lipinski definition) is 6. The molecule has 7 nitrogen and oxygen atoms in total. The second kappa shape index (κ2) is 12.7. The number of nitrogens with one attached hydrogen (secondary N) is 1. The van der Waals surface area contributed by atoms with Gasteiger partial charge in [-0.25, -0.2) is 9.07 Å². The summed E-state index contributed by atoms with van der Waals surface area (Å²) in [7, 11) is 0. The number of hydrogen-bond donors (Lipinski definition) is 1. The van der Waals surface area contributed by atoms with E-state index in [9.17, 15) is 9.65 Å². The number of piperidine rings is 1. The van der Waals surface area contributed by atoms with Gasteiger partial charge in [-0.15, -0.1) is 5.10 Å². The predicted octanol–water partition coefficient (Wildman–Crippen LogP) is 7.92. The van der Waals surface area contributed by atoms with Gasteiger partial charge in [-0.2, -0.15) is 5.26 Å². The first-order valence-electron chi connectivity index (χ1n) is 14.4. The van der Waals surface area contributed by atoms with Crippen molar-refractivity contribution in [2.45, 2.75) is 38.1 Å². The lowest BCUT2D eigenvalue weighted by molar-refractivity contribution is 0.186. The zero-order chi connectivity index (χ0) is 29.9. The van der Waals surface area contributed by atoms with Crippen LogP contribution in [0.25, 0.3) is 10.9 Å². The number of benzene rings is 3. The third-order valence-electron chi connectivity index (χ3n) is 8.20. The summed E-state index contributed by atoms with van der Waals surface area (Å²) in [6.07, 6.45) is 6.28. The van der Waals surface area contributed by atoms with Crippen LogP contribution in [0.3, 0.4) is 0 Å². The molecule has 0 spiro atoms. The minimum Gasteiger partial charge on any atom is -0.354 e. The average molecular weight is 615 g/mol. The third kappa shape index (κ3) is 6.21. The maximum absolute atomic E-state index is 13.8. The Hall–Kier alpha value is -4.03. The molecule has 0 bridgehead atoms. The smallest absolute Gasteiger partial charge is 0.141 e. The molecular formula is C33H30Cl2FN7. The predicted molar refractivity (Wildman–Crippen MR) is 169 cm³/mol. The first kappa shape index (κ1) is 29.1. The molecule has 3 aromatic carbocycles. The molecule has 0 aliphatic carbocycles. The van der Waals surface area contributed by atoms with Gasteiger partial charge in [0.2, 0.25) is 0 Å². The highest BCUT2D eigenvalue weighted by molar-refractivity contribution is 6.35. The van der Waals surface area contributed by atoms with E-state index in [0.717, 1.165) is 49.3 Å². The highest BCUT2D eigenvalue weighted by Gasteiger charge is 2.24. The zero-order valence-electron chi connectivity index (χ0n) is 23.6. The Kier molecular flexibility index (Phi) is 8.57. The number of pyridine rings is 1. The summed E-state index contributed by atoms with van der Waals surface area (Å²) >= 11 is 12.8. The molecule has 5 aromatic rings. The number of likely N-dealkylation sites (tertiary alicyclic amines) is 1. The number of anilines is 2. The van der Waals surface area contributed by atoms with Crippen molar-refractivity contribution in [3.63, 3.8) is 0 Å². The SMILES string of the molecule is CCN1CCC(n2cc([C@@H](Cc3cc(Cl)c4ncc(C#N)c(Nc5ccc(F)c(Cl)c5)c4c3)c3ccccc3)nn2)CC1. The number of halogens is 3. The van der Waals surface area contributed by atoms with Gasteiger partial charge in [0.1, 0.15) is 11.9 Å². The number of nitrogens with zero attached hydrogens (tertiary/aromatic N) is 6. The molecule has 43 heavy (non-hydrogen) atoms. The number of nitriles is 1. The van der Waals surface area contributed by atoms with Crippen LogP contribution in [0.15, 0.2) is 73.1 Å². The monoisotopic (exact) mass is 613 g/mol. The Morgan fingerprint density at radius 1 is 1.07 bits per heavy atom. The molecule has 3 heterocycles. The van der Waals surface area contributed by atoms with Crippen LogP contribution in [0.2, 0.25) is 10.0 Å². The van der Waals surface area contributed by atoms with Crippen LogP contribution in [0.5, 0.6) is 0 Å². The lowest BCUT2D eigenvalue weighted by atomic mass is 9.89. The van der Waals surface area contributed by atoms with E-state index in [4.69, 9.17) is 23.2 Å². The number of rotatable bonds is 8. The van der Waals surface area contributed by atoms with Gasteiger partial charge in [0, 0.05) is 42.5 Å². The Morgan fingerprint density at radius 2 is 1.86 bits per heavy atom. The topological polar surface area (TPSA) is 82.7 Å². The lowest BCUT2D eigenvalue weighted by Crippen LogP contribution is -2.34. The van der Waals surface area contributed by atoms with Gasteiger partial charge in [0.05, 0.1) is 38.5 Å².